The number of piperidine rings is 1. The van der Waals surface area contributed by atoms with Crippen molar-refractivity contribution in [2.45, 2.75) is 38.8 Å². The first-order chi connectivity index (χ1) is 9.25. The molecule has 0 unspecified atom stereocenters. The molecule has 1 saturated heterocycles. The Hall–Kier alpha value is -1.62. The maximum atomic E-state index is 4.70. The molecule has 2 N–H and O–H groups in total. The number of nitrogens with zero attached hydrogens (tertiary/aromatic N) is 3. The topological polar surface area (TPSA) is 54.8 Å². The molecule has 0 atom stereocenters. The molecule has 3 heterocycles. The van der Waals surface area contributed by atoms with E-state index in [0.29, 0.717) is 12.1 Å². The van der Waals surface area contributed by atoms with Gasteiger partial charge in [0.25, 0.3) is 0 Å². The first kappa shape index (κ1) is 12.4. The normalized spacial score (nSPS) is 17.2. The third kappa shape index (κ3) is 2.42. The molecular weight excluding hydrogens is 238 g/mol. The molecule has 0 spiro atoms. The Labute approximate surface area is 113 Å². The lowest BCUT2D eigenvalue weighted by Gasteiger charge is -2.25. The third-order valence-electron chi connectivity index (χ3n) is 3.64. The van der Waals surface area contributed by atoms with E-state index in [1.807, 2.05) is 18.3 Å². The number of imidazole rings is 1. The molecule has 5 nitrogen and oxygen atoms in total. The molecule has 2 aromatic rings. The summed E-state index contributed by atoms with van der Waals surface area (Å²) in [5.74, 6) is 0.954. The van der Waals surface area contributed by atoms with Crippen LogP contribution in [0.5, 0.6) is 0 Å². The number of pyridine rings is 1. The Morgan fingerprint density at radius 2 is 2.16 bits per heavy atom. The Morgan fingerprint density at radius 3 is 2.89 bits per heavy atom. The first-order valence-corrected chi connectivity index (χ1v) is 7.06. The molecule has 102 valence electrons. The highest BCUT2D eigenvalue weighted by atomic mass is 15.3. The molecule has 2 aromatic heterocycles. The lowest BCUT2D eigenvalue weighted by Crippen LogP contribution is -2.36. The van der Waals surface area contributed by atoms with E-state index in [-0.39, 0.29) is 0 Å². The molecule has 0 radical (unpaired) electrons. The molecule has 1 fully saturated rings. The van der Waals surface area contributed by atoms with Gasteiger partial charge in [0.1, 0.15) is 5.52 Å². The summed E-state index contributed by atoms with van der Waals surface area (Å²) in [4.78, 5) is 9.16. The fourth-order valence-corrected chi connectivity index (χ4v) is 2.67. The highest BCUT2D eigenvalue weighted by Gasteiger charge is 2.18. The number of rotatable bonds is 3. The van der Waals surface area contributed by atoms with Gasteiger partial charge < -0.3 is 10.6 Å². The van der Waals surface area contributed by atoms with Crippen LogP contribution in [-0.2, 0) is 0 Å². The molecule has 3 rings (SSSR count). The van der Waals surface area contributed by atoms with E-state index in [1.54, 1.807) is 0 Å². The van der Waals surface area contributed by atoms with Crippen molar-refractivity contribution < 1.29 is 0 Å². The van der Waals surface area contributed by atoms with Gasteiger partial charge in [-0.05, 0) is 51.9 Å². The maximum absolute atomic E-state index is 4.70. The second-order valence-electron chi connectivity index (χ2n) is 5.41. The van der Waals surface area contributed by atoms with Crippen molar-refractivity contribution in [1.82, 2.24) is 19.9 Å². The van der Waals surface area contributed by atoms with Crippen molar-refractivity contribution in [2.75, 3.05) is 18.4 Å². The van der Waals surface area contributed by atoms with Crippen molar-refractivity contribution in [3.63, 3.8) is 0 Å². The summed E-state index contributed by atoms with van der Waals surface area (Å²) < 4.78 is 2.19. The summed E-state index contributed by atoms with van der Waals surface area (Å²) in [6.07, 6.45) is 4.13. The van der Waals surface area contributed by atoms with Gasteiger partial charge >= 0.3 is 0 Å². The predicted molar refractivity (Wildman–Crippen MR) is 77.4 cm³/mol. The summed E-state index contributed by atoms with van der Waals surface area (Å²) in [5, 5.41) is 6.98. The molecular formula is C14H21N5. The Kier molecular flexibility index (Phi) is 3.38. The van der Waals surface area contributed by atoms with Crippen LogP contribution in [0.4, 0.5) is 5.95 Å². The van der Waals surface area contributed by atoms with E-state index < -0.39 is 0 Å². The summed E-state index contributed by atoms with van der Waals surface area (Å²) in [5.41, 5.74) is 1.93. The van der Waals surface area contributed by atoms with Gasteiger partial charge in [0.2, 0.25) is 5.95 Å². The highest BCUT2D eigenvalue weighted by Crippen LogP contribution is 2.23. The fraction of sp³-hybridized carbons (Fsp3) is 0.571. The van der Waals surface area contributed by atoms with Crippen molar-refractivity contribution in [3.8, 4) is 0 Å². The summed E-state index contributed by atoms with van der Waals surface area (Å²) in [7, 11) is 0. The van der Waals surface area contributed by atoms with E-state index in [9.17, 15) is 0 Å². The zero-order chi connectivity index (χ0) is 13.2. The van der Waals surface area contributed by atoms with Crippen LogP contribution in [0.25, 0.3) is 11.2 Å². The zero-order valence-corrected chi connectivity index (χ0v) is 11.6. The Balaban J connectivity index is 1.95. The number of nitrogens with one attached hydrogen (secondary N) is 2. The van der Waals surface area contributed by atoms with Crippen LogP contribution in [0.15, 0.2) is 18.3 Å². The van der Waals surface area contributed by atoms with Gasteiger partial charge in [0, 0.05) is 18.3 Å². The van der Waals surface area contributed by atoms with Crippen LogP contribution >= 0.6 is 0 Å². The van der Waals surface area contributed by atoms with Crippen LogP contribution in [0, 0.1) is 0 Å². The predicted octanol–water partition coefficient (Wildman–Crippen LogP) is 2.18. The van der Waals surface area contributed by atoms with Gasteiger partial charge in [-0.15, -0.1) is 0 Å². The summed E-state index contributed by atoms with van der Waals surface area (Å²) >= 11 is 0. The van der Waals surface area contributed by atoms with Gasteiger partial charge in [0.15, 0.2) is 5.65 Å². The van der Waals surface area contributed by atoms with E-state index in [4.69, 9.17) is 4.98 Å². The average molecular weight is 259 g/mol. The number of aromatic nitrogens is 3. The summed E-state index contributed by atoms with van der Waals surface area (Å²) in [6, 6.07) is 4.82. The molecule has 19 heavy (non-hydrogen) atoms. The lowest BCUT2D eigenvalue weighted by atomic mass is 10.1. The third-order valence-corrected chi connectivity index (χ3v) is 3.64. The second-order valence-corrected chi connectivity index (χ2v) is 5.41. The van der Waals surface area contributed by atoms with Gasteiger partial charge in [-0.3, -0.25) is 4.57 Å². The van der Waals surface area contributed by atoms with Crippen molar-refractivity contribution in [1.29, 1.82) is 0 Å². The number of anilines is 1. The minimum Gasteiger partial charge on any atom is -0.353 e. The van der Waals surface area contributed by atoms with Gasteiger partial charge in [-0.25, -0.2) is 9.97 Å². The van der Waals surface area contributed by atoms with E-state index in [2.05, 4.69) is 34.0 Å². The van der Waals surface area contributed by atoms with Crippen LogP contribution in [0.3, 0.4) is 0 Å². The highest BCUT2D eigenvalue weighted by molar-refractivity contribution is 5.74. The van der Waals surface area contributed by atoms with E-state index >= 15 is 0 Å². The molecule has 1 aliphatic rings. The van der Waals surface area contributed by atoms with Crippen molar-refractivity contribution in [3.05, 3.63) is 18.3 Å². The van der Waals surface area contributed by atoms with Crippen LogP contribution < -0.4 is 10.6 Å². The second kappa shape index (κ2) is 5.17. The van der Waals surface area contributed by atoms with Gasteiger partial charge in [-0.2, -0.15) is 0 Å². The van der Waals surface area contributed by atoms with Gasteiger partial charge in [-0.1, -0.05) is 0 Å². The molecule has 0 aliphatic carbocycles. The first-order valence-electron chi connectivity index (χ1n) is 7.06. The number of hydrogen-bond acceptors (Lipinski definition) is 4. The van der Waals surface area contributed by atoms with Crippen LogP contribution in [0.2, 0.25) is 0 Å². The zero-order valence-electron chi connectivity index (χ0n) is 11.6. The molecule has 0 amide bonds. The number of fused-ring (bicyclic) bond motifs is 1. The molecule has 5 heteroatoms. The average Bonchev–Trinajstić information content (AvgIpc) is 2.77. The molecule has 0 aromatic carbocycles. The molecule has 0 saturated carbocycles. The van der Waals surface area contributed by atoms with Crippen LogP contribution in [-0.4, -0.2) is 33.7 Å². The minimum atomic E-state index is 0.351. The largest absolute Gasteiger partial charge is 0.353 e. The smallest absolute Gasteiger partial charge is 0.205 e. The quantitative estimate of drug-likeness (QED) is 0.887. The fourth-order valence-electron chi connectivity index (χ4n) is 2.67. The number of hydrogen-bond donors (Lipinski definition) is 2. The Bertz CT molecular complexity index is 554. The standard InChI is InChI=1S/C14H21N5/c1-10(2)19-13-12(4-3-7-16-13)18-14(19)17-11-5-8-15-9-6-11/h3-4,7,10-11,15H,5-6,8-9H2,1-2H3,(H,17,18). The van der Waals surface area contributed by atoms with E-state index in [0.717, 1.165) is 43.0 Å². The van der Waals surface area contributed by atoms with Crippen molar-refractivity contribution >= 4 is 17.1 Å². The summed E-state index contributed by atoms with van der Waals surface area (Å²) in [6.45, 7) is 6.50. The van der Waals surface area contributed by atoms with Gasteiger partial charge in [0.05, 0.1) is 0 Å². The Morgan fingerprint density at radius 1 is 1.37 bits per heavy atom. The van der Waals surface area contributed by atoms with Crippen LogP contribution in [0.1, 0.15) is 32.7 Å². The maximum Gasteiger partial charge on any atom is 0.205 e. The van der Waals surface area contributed by atoms with E-state index in [1.165, 1.54) is 0 Å². The SMILES string of the molecule is CC(C)n1c(NC2CCNCC2)nc2cccnc21. The lowest BCUT2D eigenvalue weighted by molar-refractivity contribution is 0.473. The van der Waals surface area contributed by atoms with Crippen molar-refractivity contribution in [2.24, 2.45) is 0 Å². The monoisotopic (exact) mass is 259 g/mol. The molecule has 1 aliphatic heterocycles. The molecule has 0 bridgehead atoms. The minimum absolute atomic E-state index is 0.351.